The second kappa shape index (κ2) is 7.25. The van der Waals surface area contributed by atoms with E-state index >= 15 is 0 Å². The van der Waals surface area contributed by atoms with Gasteiger partial charge in [-0.05, 0) is 12.3 Å². The van der Waals surface area contributed by atoms with Crippen molar-refractivity contribution in [1.82, 2.24) is 20.8 Å². The molecular formula is C14H22F8N4O. The van der Waals surface area contributed by atoms with E-state index in [1.807, 2.05) is 6.92 Å². The molecule has 0 saturated carbocycles. The molecule has 0 spiro atoms. The highest BCUT2D eigenvalue weighted by Crippen LogP contribution is 2.49. The third kappa shape index (κ3) is 4.02. The van der Waals surface area contributed by atoms with Gasteiger partial charge in [-0.15, -0.1) is 0 Å². The molecule has 0 aromatic heterocycles. The zero-order valence-corrected chi connectivity index (χ0v) is 15.0. The van der Waals surface area contributed by atoms with E-state index in [1.165, 1.54) is 7.05 Å². The fraction of sp³-hybridized carbons (Fsp3) is 1.00. The molecule has 27 heavy (non-hydrogen) atoms. The molecule has 5 nitrogen and oxygen atoms in total. The molecule has 2 N–H and O–H groups in total. The first-order valence-electron chi connectivity index (χ1n) is 8.28. The Morgan fingerprint density at radius 3 is 2.04 bits per heavy atom. The molecule has 13 heteroatoms. The van der Waals surface area contributed by atoms with Gasteiger partial charge in [0.05, 0.1) is 12.0 Å². The van der Waals surface area contributed by atoms with Crippen molar-refractivity contribution in [3.8, 4) is 0 Å². The van der Waals surface area contributed by atoms with Crippen LogP contribution in [0, 0.1) is 11.8 Å². The monoisotopic (exact) mass is 414 g/mol. The van der Waals surface area contributed by atoms with Crippen molar-refractivity contribution in [3.63, 3.8) is 0 Å². The standard InChI is InChI=1S/C14H22F8N4O/c1-5-6(2)11-23-10(26(4)27-11)8-7(13(17,18)19)9(24-25(8)3)12(15,16)14(20,21)22/h6-11,23-24H,5H2,1-4H3/t6-,7?,8?,9?,10?,11-/m1/s1. The van der Waals surface area contributed by atoms with Gasteiger partial charge in [0.15, 0.2) is 0 Å². The zero-order chi connectivity index (χ0) is 20.9. The van der Waals surface area contributed by atoms with E-state index in [4.69, 9.17) is 4.84 Å². The summed E-state index contributed by atoms with van der Waals surface area (Å²) in [5.41, 5.74) is 1.68. The Kier molecular flexibility index (Phi) is 6.05. The van der Waals surface area contributed by atoms with E-state index in [1.54, 1.807) is 12.3 Å². The Morgan fingerprint density at radius 1 is 1.04 bits per heavy atom. The van der Waals surface area contributed by atoms with Crippen LogP contribution in [0.5, 0.6) is 0 Å². The minimum absolute atomic E-state index is 0.117. The number of halogens is 8. The molecule has 0 bridgehead atoms. The van der Waals surface area contributed by atoms with E-state index in [-0.39, 0.29) is 5.92 Å². The lowest BCUT2D eigenvalue weighted by molar-refractivity contribution is -0.308. The third-order valence-electron chi connectivity index (χ3n) is 5.15. The number of nitrogens with one attached hydrogen (secondary N) is 2. The molecule has 2 fully saturated rings. The van der Waals surface area contributed by atoms with Crippen molar-refractivity contribution in [1.29, 1.82) is 0 Å². The van der Waals surface area contributed by atoms with Gasteiger partial charge in [-0.2, -0.15) is 40.2 Å². The lowest BCUT2D eigenvalue weighted by Gasteiger charge is -2.34. The van der Waals surface area contributed by atoms with Crippen LogP contribution in [0.2, 0.25) is 0 Å². The number of hydrogen-bond donors (Lipinski definition) is 2. The lowest BCUT2D eigenvalue weighted by atomic mass is 9.87. The molecule has 2 saturated heterocycles. The number of hydrogen-bond acceptors (Lipinski definition) is 5. The summed E-state index contributed by atoms with van der Waals surface area (Å²) in [6.45, 7) is 3.59. The second-order valence-electron chi connectivity index (χ2n) is 6.97. The largest absolute Gasteiger partial charge is 0.455 e. The molecule has 0 aliphatic carbocycles. The lowest BCUT2D eigenvalue weighted by Crippen LogP contribution is -2.59. The highest BCUT2D eigenvalue weighted by Gasteiger charge is 2.72. The number of hydrazine groups is 1. The number of likely N-dealkylation sites (N-methyl/N-ethyl adjacent to an activating group) is 2. The Morgan fingerprint density at radius 2 is 1.59 bits per heavy atom. The van der Waals surface area contributed by atoms with Crippen LogP contribution in [0.4, 0.5) is 35.1 Å². The minimum Gasteiger partial charge on any atom is -0.278 e. The Bertz CT molecular complexity index is 528. The topological polar surface area (TPSA) is 39.8 Å². The molecule has 2 heterocycles. The number of hydroxylamine groups is 2. The molecule has 4 unspecified atom stereocenters. The highest BCUT2D eigenvalue weighted by molar-refractivity contribution is 5.07. The van der Waals surface area contributed by atoms with Crippen LogP contribution >= 0.6 is 0 Å². The van der Waals surface area contributed by atoms with E-state index < -0.39 is 48.7 Å². The summed E-state index contributed by atoms with van der Waals surface area (Å²) in [5.74, 6) is -8.68. The van der Waals surface area contributed by atoms with Crippen LogP contribution in [-0.2, 0) is 4.84 Å². The van der Waals surface area contributed by atoms with Crippen molar-refractivity contribution in [3.05, 3.63) is 0 Å². The number of rotatable bonds is 4. The smallest absolute Gasteiger partial charge is 0.278 e. The molecular weight excluding hydrogens is 392 g/mol. The Labute approximate surface area is 150 Å². The Hall–Kier alpha value is -0.760. The first-order chi connectivity index (χ1) is 12.1. The quantitative estimate of drug-likeness (QED) is 0.693. The maximum absolute atomic E-state index is 13.8. The van der Waals surface area contributed by atoms with Crippen molar-refractivity contribution in [2.45, 2.75) is 63.0 Å². The van der Waals surface area contributed by atoms with Crippen LogP contribution in [0.25, 0.3) is 0 Å². The molecule has 0 aromatic rings. The summed E-state index contributed by atoms with van der Waals surface area (Å²) in [5, 5.41) is 4.46. The number of alkyl halides is 8. The van der Waals surface area contributed by atoms with Crippen molar-refractivity contribution < 1.29 is 40.0 Å². The van der Waals surface area contributed by atoms with Gasteiger partial charge in [0, 0.05) is 14.1 Å². The molecule has 0 aromatic carbocycles. The van der Waals surface area contributed by atoms with Crippen molar-refractivity contribution in [2.24, 2.45) is 11.8 Å². The SMILES string of the molecule is CC[C@@H](C)[C@@H]1NC(C2C(C(F)(F)F)C(C(F)(F)C(F)(F)F)NN2C)N(C)O1. The number of nitrogens with zero attached hydrogens (tertiary/aromatic N) is 2. The summed E-state index contributed by atoms with van der Waals surface area (Å²) in [6.07, 6.45) is -12.8. The van der Waals surface area contributed by atoms with Crippen molar-refractivity contribution in [2.75, 3.05) is 14.1 Å². The molecule has 0 amide bonds. The van der Waals surface area contributed by atoms with E-state index in [0.717, 1.165) is 12.1 Å². The normalized spacial score (nSPS) is 35.8. The van der Waals surface area contributed by atoms with E-state index in [2.05, 4.69) is 5.32 Å². The van der Waals surface area contributed by atoms with Crippen LogP contribution in [0.15, 0.2) is 0 Å². The first kappa shape index (κ1) is 22.5. The van der Waals surface area contributed by atoms with Gasteiger partial charge in [-0.1, -0.05) is 13.8 Å². The fourth-order valence-electron chi connectivity index (χ4n) is 3.44. The predicted molar refractivity (Wildman–Crippen MR) is 78.0 cm³/mol. The molecule has 2 aliphatic rings. The van der Waals surface area contributed by atoms with Crippen LogP contribution in [0.1, 0.15) is 20.3 Å². The molecule has 2 aliphatic heterocycles. The summed E-state index contributed by atoms with van der Waals surface area (Å²) in [6, 6.07) is -4.97. The molecule has 160 valence electrons. The summed E-state index contributed by atoms with van der Waals surface area (Å²) in [4.78, 5) is 5.43. The summed E-state index contributed by atoms with van der Waals surface area (Å²) < 4.78 is 107. The predicted octanol–water partition coefficient (Wildman–Crippen LogP) is 2.71. The second-order valence-corrected chi connectivity index (χ2v) is 6.97. The van der Waals surface area contributed by atoms with Gasteiger partial charge in [0.2, 0.25) is 0 Å². The average molecular weight is 414 g/mol. The average Bonchev–Trinajstić information content (AvgIpc) is 3.05. The summed E-state index contributed by atoms with van der Waals surface area (Å²) >= 11 is 0. The van der Waals surface area contributed by atoms with E-state index in [0.29, 0.717) is 11.4 Å². The van der Waals surface area contributed by atoms with Crippen LogP contribution in [0.3, 0.4) is 0 Å². The molecule has 6 atom stereocenters. The van der Waals surface area contributed by atoms with Gasteiger partial charge >= 0.3 is 18.3 Å². The molecule has 2 rings (SSSR count). The minimum atomic E-state index is -6.13. The van der Waals surface area contributed by atoms with Gasteiger partial charge in [-0.3, -0.25) is 10.2 Å². The van der Waals surface area contributed by atoms with Crippen LogP contribution < -0.4 is 10.7 Å². The fourth-order valence-corrected chi connectivity index (χ4v) is 3.44. The van der Waals surface area contributed by atoms with Gasteiger partial charge in [0.25, 0.3) is 0 Å². The van der Waals surface area contributed by atoms with E-state index in [9.17, 15) is 35.1 Å². The zero-order valence-electron chi connectivity index (χ0n) is 15.0. The van der Waals surface area contributed by atoms with Gasteiger partial charge < -0.3 is 0 Å². The molecule has 0 radical (unpaired) electrons. The first-order valence-corrected chi connectivity index (χ1v) is 8.28. The Balaban J connectivity index is 2.38. The highest BCUT2D eigenvalue weighted by atomic mass is 19.4. The third-order valence-corrected chi connectivity index (χ3v) is 5.15. The van der Waals surface area contributed by atoms with Crippen LogP contribution in [-0.4, -0.2) is 66.9 Å². The summed E-state index contributed by atoms with van der Waals surface area (Å²) in [7, 11) is 2.30. The maximum atomic E-state index is 13.8. The van der Waals surface area contributed by atoms with Gasteiger partial charge in [-0.25, -0.2) is 10.4 Å². The maximum Gasteiger partial charge on any atom is 0.455 e. The van der Waals surface area contributed by atoms with Gasteiger partial charge in [0.1, 0.15) is 18.4 Å². The van der Waals surface area contributed by atoms with Crippen molar-refractivity contribution >= 4 is 0 Å².